The van der Waals surface area contributed by atoms with Crippen LogP contribution in [-0.4, -0.2) is 55.8 Å². The molecule has 0 radical (unpaired) electrons. The largest absolute Gasteiger partial charge is 0.480 e. The molecule has 0 saturated carbocycles. The van der Waals surface area contributed by atoms with E-state index in [1.165, 1.54) is 0 Å². The van der Waals surface area contributed by atoms with Crippen LogP contribution >= 0.6 is 0 Å². The summed E-state index contributed by atoms with van der Waals surface area (Å²) in [6, 6.07) is 15.2. The summed E-state index contributed by atoms with van der Waals surface area (Å²) in [5.41, 5.74) is 2.02. The van der Waals surface area contributed by atoms with Gasteiger partial charge in [0.05, 0.1) is 12.6 Å². The van der Waals surface area contributed by atoms with Gasteiger partial charge in [0, 0.05) is 30.5 Å². The van der Waals surface area contributed by atoms with Crippen LogP contribution in [0, 0.1) is 0 Å². The number of ether oxygens (including phenoxy) is 1. The summed E-state index contributed by atoms with van der Waals surface area (Å²) in [6.07, 6.45) is 1.61. The van der Waals surface area contributed by atoms with Gasteiger partial charge in [0.25, 0.3) is 5.91 Å². The molecule has 146 valence electrons. The highest BCUT2D eigenvalue weighted by Crippen LogP contribution is 2.28. The number of para-hydroxylation sites is 1. The van der Waals surface area contributed by atoms with Crippen LogP contribution in [0.4, 0.5) is 0 Å². The standard InChI is InChI=1S/C21H20N6O2/c1-29-19-9-8-18-23-24-20(27(18)25-19)15-10-12-26(13-11-15)21(28)17-7-6-14-4-2-3-5-16(14)22-17/h2-9,15H,10-13H2,1H3. The summed E-state index contributed by atoms with van der Waals surface area (Å²) in [5.74, 6) is 1.50. The first-order chi connectivity index (χ1) is 14.2. The number of piperidine rings is 1. The molecule has 1 aliphatic rings. The van der Waals surface area contributed by atoms with E-state index in [2.05, 4.69) is 20.3 Å². The molecule has 0 bridgehead atoms. The van der Waals surface area contributed by atoms with Crippen LogP contribution in [0.15, 0.2) is 48.5 Å². The predicted molar refractivity (Wildman–Crippen MR) is 107 cm³/mol. The van der Waals surface area contributed by atoms with Gasteiger partial charge in [-0.25, -0.2) is 4.98 Å². The average Bonchev–Trinajstić information content (AvgIpc) is 3.21. The molecule has 1 saturated heterocycles. The second-order valence-electron chi connectivity index (χ2n) is 7.16. The molecule has 1 aliphatic heterocycles. The fourth-order valence-electron chi connectivity index (χ4n) is 3.84. The van der Waals surface area contributed by atoms with E-state index in [-0.39, 0.29) is 11.8 Å². The molecule has 29 heavy (non-hydrogen) atoms. The van der Waals surface area contributed by atoms with Crippen LogP contribution in [-0.2, 0) is 0 Å². The number of rotatable bonds is 3. The minimum atomic E-state index is -0.0277. The lowest BCUT2D eigenvalue weighted by Gasteiger charge is -2.30. The lowest BCUT2D eigenvalue weighted by atomic mass is 9.96. The zero-order chi connectivity index (χ0) is 19.8. The van der Waals surface area contributed by atoms with Crippen molar-refractivity contribution in [3.63, 3.8) is 0 Å². The summed E-state index contributed by atoms with van der Waals surface area (Å²) in [4.78, 5) is 19.3. The maximum Gasteiger partial charge on any atom is 0.272 e. The van der Waals surface area contributed by atoms with Crippen molar-refractivity contribution < 1.29 is 9.53 Å². The Bertz CT molecular complexity index is 1200. The minimum Gasteiger partial charge on any atom is -0.480 e. The Balaban J connectivity index is 1.32. The Labute approximate surface area is 167 Å². The average molecular weight is 388 g/mol. The number of amides is 1. The smallest absolute Gasteiger partial charge is 0.272 e. The molecule has 1 amide bonds. The molecule has 3 aromatic heterocycles. The van der Waals surface area contributed by atoms with Gasteiger partial charge in [-0.3, -0.25) is 4.79 Å². The fraction of sp³-hybridized carbons (Fsp3) is 0.286. The van der Waals surface area contributed by atoms with Crippen LogP contribution in [0.1, 0.15) is 35.1 Å². The lowest BCUT2D eigenvalue weighted by Crippen LogP contribution is -2.38. The Hall–Kier alpha value is -3.55. The lowest BCUT2D eigenvalue weighted by molar-refractivity contribution is 0.0705. The van der Waals surface area contributed by atoms with Crippen molar-refractivity contribution in [3.05, 3.63) is 60.0 Å². The van der Waals surface area contributed by atoms with Crippen molar-refractivity contribution >= 4 is 22.5 Å². The first-order valence-corrected chi connectivity index (χ1v) is 9.64. The number of fused-ring (bicyclic) bond motifs is 2. The van der Waals surface area contributed by atoms with E-state index in [0.717, 1.165) is 29.6 Å². The van der Waals surface area contributed by atoms with Gasteiger partial charge in [0.1, 0.15) is 5.69 Å². The van der Waals surface area contributed by atoms with Gasteiger partial charge in [-0.05, 0) is 31.0 Å². The van der Waals surface area contributed by atoms with Crippen molar-refractivity contribution in [2.24, 2.45) is 0 Å². The van der Waals surface area contributed by atoms with Crippen molar-refractivity contribution in [2.45, 2.75) is 18.8 Å². The topological polar surface area (TPSA) is 85.5 Å². The molecule has 4 aromatic rings. The van der Waals surface area contributed by atoms with E-state index in [0.29, 0.717) is 30.3 Å². The first-order valence-electron chi connectivity index (χ1n) is 9.64. The first kappa shape index (κ1) is 17.5. The molecule has 0 aliphatic carbocycles. The van der Waals surface area contributed by atoms with Gasteiger partial charge in [0.2, 0.25) is 5.88 Å². The van der Waals surface area contributed by atoms with Crippen molar-refractivity contribution in [2.75, 3.05) is 20.2 Å². The van der Waals surface area contributed by atoms with Gasteiger partial charge < -0.3 is 9.64 Å². The number of likely N-dealkylation sites (tertiary alicyclic amines) is 1. The third-order valence-electron chi connectivity index (χ3n) is 5.44. The van der Waals surface area contributed by atoms with E-state index in [9.17, 15) is 4.79 Å². The number of aromatic nitrogens is 5. The fourth-order valence-corrected chi connectivity index (χ4v) is 3.84. The zero-order valence-corrected chi connectivity index (χ0v) is 16.0. The van der Waals surface area contributed by atoms with Gasteiger partial charge in [0.15, 0.2) is 11.5 Å². The highest BCUT2D eigenvalue weighted by atomic mass is 16.5. The normalized spacial score (nSPS) is 15.1. The molecule has 8 heteroatoms. The van der Waals surface area contributed by atoms with E-state index in [1.54, 1.807) is 23.8 Å². The summed E-state index contributed by atoms with van der Waals surface area (Å²) in [5, 5.41) is 14.0. The van der Waals surface area contributed by atoms with Crippen molar-refractivity contribution in [3.8, 4) is 5.88 Å². The number of hydrogen-bond donors (Lipinski definition) is 0. The van der Waals surface area contributed by atoms with E-state index < -0.39 is 0 Å². The van der Waals surface area contributed by atoms with Gasteiger partial charge >= 0.3 is 0 Å². The Morgan fingerprint density at radius 1 is 1.03 bits per heavy atom. The molecule has 1 aromatic carbocycles. The number of nitrogens with zero attached hydrogens (tertiary/aromatic N) is 6. The van der Waals surface area contributed by atoms with Crippen molar-refractivity contribution in [1.82, 2.24) is 29.7 Å². The Morgan fingerprint density at radius 3 is 2.69 bits per heavy atom. The van der Waals surface area contributed by atoms with Crippen LogP contribution in [0.5, 0.6) is 5.88 Å². The van der Waals surface area contributed by atoms with Crippen molar-refractivity contribution in [1.29, 1.82) is 0 Å². The predicted octanol–water partition coefficient (Wildman–Crippen LogP) is 2.70. The number of pyridine rings is 1. The number of methoxy groups -OCH3 is 1. The summed E-state index contributed by atoms with van der Waals surface area (Å²) < 4.78 is 6.96. The molecular formula is C21H20N6O2. The second kappa shape index (κ2) is 7.12. The molecule has 8 nitrogen and oxygen atoms in total. The molecule has 0 N–H and O–H groups in total. The van der Waals surface area contributed by atoms with Crippen LogP contribution in [0.2, 0.25) is 0 Å². The Morgan fingerprint density at radius 2 is 1.86 bits per heavy atom. The number of carbonyl (C=O) groups excluding carboxylic acids is 1. The zero-order valence-electron chi connectivity index (χ0n) is 16.0. The van der Waals surface area contributed by atoms with E-state index >= 15 is 0 Å². The number of hydrogen-bond acceptors (Lipinski definition) is 6. The highest BCUT2D eigenvalue weighted by Gasteiger charge is 2.28. The molecule has 0 atom stereocenters. The van der Waals surface area contributed by atoms with E-state index in [4.69, 9.17) is 4.74 Å². The van der Waals surface area contributed by atoms with Crippen LogP contribution in [0.25, 0.3) is 16.6 Å². The van der Waals surface area contributed by atoms with Gasteiger partial charge in [-0.15, -0.1) is 15.3 Å². The number of benzene rings is 1. The molecular weight excluding hydrogens is 368 g/mol. The van der Waals surface area contributed by atoms with Crippen LogP contribution < -0.4 is 4.74 Å². The van der Waals surface area contributed by atoms with E-state index in [1.807, 2.05) is 41.3 Å². The van der Waals surface area contributed by atoms with Crippen LogP contribution in [0.3, 0.4) is 0 Å². The third-order valence-corrected chi connectivity index (χ3v) is 5.44. The molecule has 0 spiro atoms. The molecule has 0 unspecified atom stereocenters. The maximum absolute atomic E-state index is 12.9. The summed E-state index contributed by atoms with van der Waals surface area (Å²) >= 11 is 0. The quantitative estimate of drug-likeness (QED) is 0.536. The molecule has 1 fully saturated rings. The molecule has 4 heterocycles. The molecule has 5 rings (SSSR count). The SMILES string of the molecule is COc1ccc2nnc(C3CCN(C(=O)c4ccc5ccccc5n4)CC3)n2n1. The maximum atomic E-state index is 12.9. The van der Waals surface area contributed by atoms with Gasteiger partial charge in [-0.1, -0.05) is 24.3 Å². The monoisotopic (exact) mass is 388 g/mol. The highest BCUT2D eigenvalue weighted by molar-refractivity contribution is 5.95. The van der Waals surface area contributed by atoms with Gasteiger partial charge in [-0.2, -0.15) is 4.52 Å². The summed E-state index contributed by atoms with van der Waals surface area (Å²) in [7, 11) is 1.59. The minimum absolute atomic E-state index is 0.0277. The third kappa shape index (κ3) is 3.16. The summed E-state index contributed by atoms with van der Waals surface area (Å²) in [6.45, 7) is 1.30. The Kier molecular flexibility index (Phi) is 4.31. The number of carbonyl (C=O) groups is 1. The second-order valence-corrected chi connectivity index (χ2v) is 7.16.